The molecule has 0 aliphatic carbocycles. The van der Waals surface area contributed by atoms with Gasteiger partial charge in [0.2, 0.25) is 0 Å². The molecule has 0 amide bonds. The van der Waals surface area contributed by atoms with E-state index in [-0.39, 0.29) is 0 Å². The second-order valence-electron chi connectivity index (χ2n) is 0.272. The average Bonchev–Trinajstić information content (AvgIpc) is 1.61. The SMILES string of the molecule is [Mo][Mo][S][S][Mo][Mo]. The Labute approximate surface area is 77.3 Å². The van der Waals surface area contributed by atoms with E-state index in [1.807, 2.05) is 0 Å². The Morgan fingerprint density at radius 1 is 1.00 bits per heavy atom. The minimum absolute atomic E-state index is 0.388. The Balaban J connectivity index is 2.34. The first-order valence-corrected chi connectivity index (χ1v) is 19.1. The van der Waals surface area contributed by atoms with E-state index >= 15 is 0 Å². The number of hydrogen-bond donors (Lipinski definition) is 0. The fourth-order valence-corrected chi connectivity index (χ4v) is 42.3. The van der Waals surface area contributed by atoms with Crippen LogP contribution in [0.25, 0.3) is 0 Å². The molecule has 0 radical (unpaired) electrons. The third-order valence-corrected chi connectivity index (χ3v) is 26.2. The van der Waals surface area contributed by atoms with Crippen LogP contribution in [0, 0.1) is 0 Å². The molecule has 0 aliphatic heterocycles. The fraction of sp³-hybridized carbons (Fsp3) is 0. The molecule has 0 aromatic carbocycles. The van der Waals surface area contributed by atoms with Crippen LogP contribution >= 0.6 is 17.0 Å². The van der Waals surface area contributed by atoms with Crippen LogP contribution in [0.15, 0.2) is 0 Å². The van der Waals surface area contributed by atoms with Gasteiger partial charge in [0, 0.05) is 0 Å². The summed E-state index contributed by atoms with van der Waals surface area (Å²) in [5.74, 6) is 0. The molecule has 0 N–H and O–H groups in total. The first kappa shape index (κ1) is 9.45. The normalized spacial score (nSPS) is 8.67. The molecule has 0 aromatic rings. The molecule has 0 saturated carbocycles. The third-order valence-electron chi connectivity index (χ3n) is 0.0833. The zero-order valence-electron chi connectivity index (χ0n) is 2.45. The summed E-state index contributed by atoms with van der Waals surface area (Å²) < 4.78 is 0. The molecular weight excluding hydrogens is 448 g/mol. The maximum absolute atomic E-state index is 2.27. The molecule has 0 saturated heterocycles. The van der Waals surface area contributed by atoms with Gasteiger partial charge in [-0.2, -0.15) is 0 Å². The molecular formula is Mo4S2. The van der Waals surface area contributed by atoms with Crippen molar-refractivity contribution in [1.82, 2.24) is 0 Å². The monoisotopic (exact) mass is 456 g/mol. The van der Waals surface area contributed by atoms with Crippen LogP contribution in [0.4, 0.5) is 0 Å². The van der Waals surface area contributed by atoms with E-state index in [1.54, 1.807) is 0 Å². The molecule has 0 unspecified atom stereocenters. The van der Waals surface area contributed by atoms with Gasteiger partial charge in [0.25, 0.3) is 0 Å². The van der Waals surface area contributed by atoms with Gasteiger partial charge in [-0.05, 0) is 0 Å². The summed E-state index contributed by atoms with van der Waals surface area (Å²) in [6.07, 6.45) is 0. The molecule has 0 heterocycles. The molecule has 0 spiro atoms. The molecule has 0 nitrogen and oxygen atoms in total. The van der Waals surface area contributed by atoms with Crippen LogP contribution in [0.2, 0.25) is 0 Å². The van der Waals surface area contributed by atoms with Gasteiger partial charge in [0.1, 0.15) is 0 Å². The molecule has 0 atom stereocenters. The van der Waals surface area contributed by atoms with Gasteiger partial charge >= 0.3 is 79.2 Å². The van der Waals surface area contributed by atoms with Gasteiger partial charge in [-0.25, -0.2) is 0 Å². The van der Waals surface area contributed by atoms with Crippen molar-refractivity contribution in [2.24, 2.45) is 0 Å². The van der Waals surface area contributed by atoms with E-state index in [0.717, 1.165) is 0 Å². The topological polar surface area (TPSA) is 0 Å². The van der Waals surface area contributed by atoms with E-state index < -0.39 is 0 Å². The van der Waals surface area contributed by atoms with Gasteiger partial charge in [0.15, 0.2) is 0 Å². The van der Waals surface area contributed by atoms with E-state index in [0.29, 0.717) is 28.6 Å². The molecule has 0 fully saturated rings. The first-order chi connectivity index (χ1) is 2.91. The van der Waals surface area contributed by atoms with Crippen molar-refractivity contribution in [2.45, 2.75) is 0 Å². The summed E-state index contributed by atoms with van der Waals surface area (Å²) in [7, 11) is 4.24. The summed E-state index contributed by atoms with van der Waals surface area (Å²) in [6, 6.07) is 0. The molecule has 0 aliphatic rings. The molecule has 36 valence electrons. The summed E-state index contributed by atoms with van der Waals surface area (Å²) in [5, 5.41) is 0. The molecule has 0 bridgehead atoms. The van der Waals surface area contributed by atoms with E-state index in [1.165, 1.54) is 0 Å². The predicted molar refractivity (Wildman–Crippen MR) is 15.2 cm³/mol. The van der Waals surface area contributed by atoms with Crippen LogP contribution in [-0.4, -0.2) is 0 Å². The summed E-state index contributed by atoms with van der Waals surface area (Å²) in [4.78, 5) is 0. The van der Waals surface area contributed by atoms with Crippen LogP contribution in [0.3, 0.4) is 0 Å². The third kappa shape index (κ3) is 7.45. The average molecular weight is 448 g/mol. The Hall–Kier alpha value is 3.45. The second kappa shape index (κ2) is 8.45. The Morgan fingerprint density at radius 3 is 1.50 bits per heavy atom. The van der Waals surface area contributed by atoms with Crippen molar-refractivity contribution in [3.05, 3.63) is 0 Å². The quantitative estimate of drug-likeness (QED) is 0.363. The van der Waals surface area contributed by atoms with Crippen molar-refractivity contribution < 1.29 is 62.2 Å². The van der Waals surface area contributed by atoms with Crippen molar-refractivity contribution in [3.8, 4) is 0 Å². The maximum atomic E-state index is 2.27. The predicted octanol–water partition coefficient (Wildman–Crippen LogP) is 1.29. The van der Waals surface area contributed by atoms with Crippen LogP contribution in [-0.2, 0) is 62.2 Å². The Kier molecular flexibility index (Phi) is 13.3. The van der Waals surface area contributed by atoms with Crippen LogP contribution in [0.5, 0.6) is 0 Å². The summed E-state index contributed by atoms with van der Waals surface area (Å²) in [6.45, 7) is 0. The van der Waals surface area contributed by atoms with Gasteiger partial charge in [0.05, 0.1) is 0 Å². The zero-order chi connectivity index (χ0) is 4.83. The first-order valence-electron chi connectivity index (χ1n) is 0.833. The van der Waals surface area contributed by atoms with Gasteiger partial charge in [-0.1, -0.05) is 0 Å². The number of hydrogen-bond acceptors (Lipinski definition) is 2. The molecule has 6 heteroatoms. The Morgan fingerprint density at radius 2 is 1.33 bits per heavy atom. The molecule has 6 heavy (non-hydrogen) atoms. The van der Waals surface area contributed by atoms with Crippen molar-refractivity contribution in [3.63, 3.8) is 0 Å². The second-order valence-corrected chi connectivity index (χ2v) is 21.5. The molecule has 0 aromatic heterocycles. The fourth-order valence-electron chi connectivity index (χ4n) is 0.0227. The van der Waals surface area contributed by atoms with Crippen LogP contribution in [0.1, 0.15) is 0 Å². The zero-order valence-corrected chi connectivity index (χ0v) is 12.1. The van der Waals surface area contributed by atoms with Gasteiger partial charge < -0.3 is 0 Å². The minimum atomic E-state index is 0.388. The molecule has 0 rings (SSSR count). The van der Waals surface area contributed by atoms with E-state index in [4.69, 9.17) is 0 Å². The summed E-state index contributed by atoms with van der Waals surface area (Å²) >= 11 is 5.31. The van der Waals surface area contributed by atoms with Crippen LogP contribution < -0.4 is 0 Å². The van der Waals surface area contributed by atoms with Crippen molar-refractivity contribution in [2.75, 3.05) is 0 Å². The van der Waals surface area contributed by atoms with E-state index in [2.05, 4.69) is 50.6 Å². The summed E-state index contributed by atoms with van der Waals surface area (Å²) in [5.41, 5.74) is 0. The van der Waals surface area contributed by atoms with Crippen molar-refractivity contribution >= 4 is 17.0 Å². The van der Waals surface area contributed by atoms with Gasteiger partial charge in [-0.15, -0.1) is 0 Å². The number of rotatable bonds is 3. The van der Waals surface area contributed by atoms with Crippen molar-refractivity contribution in [1.29, 1.82) is 0 Å². The van der Waals surface area contributed by atoms with Gasteiger partial charge in [-0.3, -0.25) is 0 Å². The Bertz CT molecular complexity index is 17.5. The van der Waals surface area contributed by atoms with E-state index in [9.17, 15) is 0 Å². The standard InChI is InChI=1S/4Mo.S2/c;;;;1-2/q;;2*+1;-2.